The van der Waals surface area contributed by atoms with Crippen molar-refractivity contribution in [3.63, 3.8) is 0 Å². The van der Waals surface area contributed by atoms with Crippen LogP contribution in [-0.4, -0.2) is 14.8 Å². The van der Waals surface area contributed by atoms with Crippen LogP contribution in [0.25, 0.3) is 0 Å². The van der Waals surface area contributed by atoms with E-state index in [0.717, 1.165) is 0 Å². The summed E-state index contributed by atoms with van der Waals surface area (Å²) in [7, 11) is 0. The van der Waals surface area contributed by atoms with E-state index in [-0.39, 0.29) is 0 Å². The van der Waals surface area contributed by atoms with Crippen molar-refractivity contribution in [2.75, 3.05) is 0 Å². The molecule has 1 aromatic heterocycles. The van der Waals surface area contributed by atoms with Gasteiger partial charge in [-0.3, -0.25) is 0 Å². The van der Waals surface area contributed by atoms with E-state index in [1.54, 1.807) is 6.33 Å². The van der Waals surface area contributed by atoms with Crippen molar-refractivity contribution in [1.82, 2.24) is 14.8 Å². The first-order valence-electron chi connectivity index (χ1n) is 4.44. The third kappa shape index (κ3) is 1.43. The van der Waals surface area contributed by atoms with Crippen molar-refractivity contribution in [3.8, 4) is 0 Å². The average Bonchev–Trinajstić information content (AvgIpc) is 2.53. The summed E-state index contributed by atoms with van der Waals surface area (Å²) in [6.07, 6.45) is 8.24. The van der Waals surface area contributed by atoms with E-state index >= 15 is 0 Å². The lowest BCUT2D eigenvalue weighted by atomic mass is 9.95. The highest BCUT2D eigenvalue weighted by Gasteiger charge is 2.16. The van der Waals surface area contributed by atoms with Gasteiger partial charge in [-0.25, -0.2) is 0 Å². The molecule has 0 unspecified atom stereocenters. The molecule has 0 N–H and O–H groups in total. The Labute approximate surface area is 77.6 Å². The molecule has 2 rings (SSSR count). The predicted molar refractivity (Wildman–Crippen MR) is 48.0 cm³/mol. The van der Waals surface area contributed by atoms with Gasteiger partial charge in [0.2, 0.25) is 5.16 Å². The van der Waals surface area contributed by atoms with Gasteiger partial charge in [0.05, 0.1) is 0 Å². The molecule has 1 aromatic rings. The average molecular weight is 182 g/mol. The van der Waals surface area contributed by atoms with E-state index in [1.807, 2.05) is 4.57 Å². The van der Waals surface area contributed by atoms with Gasteiger partial charge < -0.3 is 4.57 Å². The Morgan fingerprint density at radius 3 is 2.67 bits per heavy atom. The minimum atomic E-state index is 0.571. The lowest BCUT2D eigenvalue weighted by Gasteiger charge is -2.22. The largest absolute Gasteiger partial charge is 0.302 e. The quantitative estimate of drug-likeness (QED) is 0.667. The molecule has 65 valence electrons. The van der Waals surface area contributed by atoms with Crippen molar-refractivity contribution in [3.05, 3.63) is 6.33 Å². The van der Waals surface area contributed by atoms with Crippen LogP contribution >= 0.6 is 12.6 Å². The third-order valence-corrected chi connectivity index (χ3v) is 2.80. The lowest BCUT2D eigenvalue weighted by molar-refractivity contribution is 0.337. The summed E-state index contributed by atoms with van der Waals surface area (Å²) >= 11 is 5.06. The topological polar surface area (TPSA) is 30.7 Å². The van der Waals surface area contributed by atoms with E-state index in [4.69, 9.17) is 12.6 Å². The highest BCUT2D eigenvalue weighted by Crippen LogP contribution is 2.28. The molecule has 12 heavy (non-hydrogen) atoms. The number of hydrogen-bond acceptors (Lipinski definition) is 2. The zero-order valence-electron chi connectivity index (χ0n) is 6.94. The molecule has 4 heteroatoms. The van der Waals surface area contributed by atoms with Crippen LogP contribution in [0.3, 0.4) is 0 Å². The Morgan fingerprint density at radius 2 is 2.08 bits per heavy atom. The van der Waals surface area contributed by atoms with Crippen molar-refractivity contribution < 1.29 is 0 Å². The predicted octanol–water partition coefficient (Wildman–Crippen LogP) is 2.34. The SMILES string of the molecule is [S]c1nncn1C1CCCCC1. The fourth-order valence-corrected chi connectivity index (χ4v) is 2.08. The van der Waals surface area contributed by atoms with Gasteiger partial charge in [-0.2, -0.15) is 0 Å². The molecule has 0 amide bonds. The molecule has 1 saturated carbocycles. The van der Waals surface area contributed by atoms with E-state index in [1.165, 1.54) is 32.1 Å². The number of rotatable bonds is 1. The van der Waals surface area contributed by atoms with Crippen molar-refractivity contribution in [2.24, 2.45) is 0 Å². The van der Waals surface area contributed by atoms with Crippen LogP contribution in [-0.2, 0) is 0 Å². The zero-order valence-corrected chi connectivity index (χ0v) is 7.76. The molecule has 1 aliphatic rings. The molecule has 1 radical (unpaired) electrons. The maximum atomic E-state index is 5.06. The van der Waals surface area contributed by atoms with Gasteiger partial charge >= 0.3 is 0 Å². The molecule has 1 heterocycles. The van der Waals surface area contributed by atoms with Crippen LogP contribution < -0.4 is 0 Å². The van der Waals surface area contributed by atoms with Gasteiger partial charge in [0.25, 0.3) is 0 Å². The fourth-order valence-electron chi connectivity index (χ4n) is 1.84. The Hall–Kier alpha value is -0.640. The summed E-state index contributed by atoms with van der Waals surface area (Å²) in [4.78, 5) is 0. The van der Waals surface area contributed by atoms with Crippen LogP contribution in [0.5, 0.6) is 0 Å². The van der Waals surface area contributed by atoms with Crippen molar-refractivity contribution >= 4 is 12.6 Å². The van der Waals surface area contributed by atoms with Gasteiger partial charge in [-0.1, -0.05) is 19.3 Å². The zero-order chi connectivity index (χ0) is 8.39. The molecule has 1 aliphatic carbocycles. The second-order valence-corrected chi connectivity index (χ2v) is 3.68. The first kappa shape index (κ1) is 7.98. The molecular weight excluding hydrogens is 170 g/mol. The summed E-state index contributed by atoms with van der Waals surface area (Å²) in [6, 6.07) is 0.571. The van der Waals surface area contributed by atoms with Gasteiger partial charge in [0.1, 0.15) is 6.33 Å². The summed E-state index contributed by atoms with van der Waals surface area (Å²) < 4.78 is 2.04. The van der Waals surface area contributed by atoms with Crippen LogP contribution in [0, 0.1) is 0 Å². The molecular formula is C8H12N3S. The van der Waals surface area contributed by atoms with Gasteiger partial charge in [-0.15, -0.1) is 10.2 Å². The molecule has 0 bridgehead atoms. The number of aromatic nitrogens is 3. The second-order valence-electron chi connectivity index (χ2n) is 3.31. The smallest absolute Gasteiger partial charge is 0.222 e. The Bertz CT molecular complexity index is 253. The minimum Gasteiger partial charge on any atom is -0.302 e. The molecule has 0 spiro atoms. The van der Waals surface area contributed by atoms with Crippen LogP contribution in [0.1, 0.15) is 38.1 Å². The Kier molecular flexibility index (Phi) is 2.26. The van der Waals surface area contributed by atoms with Crippen LogP contribution in [0.4, 0.5) is 0 Å². The van der Waals surface area contributed by atoms with Crippen molar-refractivity contribution in [1.29, 1.82) is 0 Å². The van der Waals surface area contributed by atoms with E-state index in [2.05, 4.69) is 10.2 Å². The van der Waals surface area contributed by atoms with Crippen LogP contribution in [0.15, 0.2) is 11.5 Å². The maximum absolute atomic E-state index is 5.06. The van der Waals surface area contributed by atoms with E-state index < -0.39 is 0 Å². The van der Waals surface area contributed by atoms with E-state index in [0.29, 0.717) is 11.2 Å². The molecule has 0 aliphatic heterocycles. The standard InChI is InChI=1S/C8H12N3S/c12-8-10-9-6-11(8)7-4-2-1-3-5-7/h6-7H,1-5H2. The first-order chi connectivity index (χ1) is 5.88. The highest BCUT2D eigenvalue weighted by atomic mass is 32.1. The third-order valence-electron chi connectivity index (χ3n) is 2.51. The van der Waals surface area contributed by atoms with E-state index in [9.17, 15) is 0 Å². The molecule has 1 fully saturated rings. The normalized spacial score (nSPS) is 19.7. The second kappa shape index (κ2) is 3.39. The minimum absolute atomic E-state index is 0.571. The molecule has 0 aromatic carbocycles. The Morgan fingerprint density at radius 1 is 1.33 bits per heavy atom. The monoisotopic (exact) mass is 182 g/mol. The summed E-state index contributed by atoms with van der Waals surface area (Å²) in [5, 5.41) is 8.27. The first-order valence-corrected chi connectivity index (χ1v) is 4.85. The van der Waals surface area contributed by atoms with Crippen molar-refractivity contribution in [2.45, 2.75) is 43.3 Å². The van der Waals surface area contributed by atoms with Crippen LogP contribution in [0.2, 0.25) is 0 Å². The number of nitrogens with zero attached hydrogens (tertiary/aromatic N) is 3. The highest BCUT2D eigenvalue weighted by molar-refractivity contribution is 7.80. The summed E-state index contributed by atoms with van der Waals surface area (Å²) in [5.74, 6) is 0. The summed E-state index contributed by atoms with van der Waals surface area (Å²) in [6.45, 7) is 0. The maximum Gasteiger partial charge on any atom is 0.222 e. The summed E-state index contributed by atoms with van der Waals surface area (Å²) in [5.41, 5.74) is 0. The molecule has 0 saturated heterocycles. The Balaban J connectivity index is 2.13. The molecule has 0 atom stereocenters. The van der Waals surface area contributed by atoms with Gasteiger partial charge in [0, 0.05) is 6.04 Å². The molecule has 3 nitrogen and oxygen atoms in total. The van der Waals surface area contributed by atoms with Gasteiger partial charge in [0.15, 0.2) is 0 Å². The lowest BCUT2D eigenvalue weighted by Crippen LogP contribution is -2.12. The fraction of sp³-hybridized carbons (Fsp3) is 0.750. The van der Waals surface area contributed by atoms with Gasteiger partial charge in [-0.05, 0) is 25.5 Å². The number of hydrogen-bond donors (Lipinski definition) is 0.